The van der Waals surface area contributed by atoms with Crippen molar-refractivity contribution in [1.82, 2.24) is 30.4 Å². The lowest BCUT2D eigenvalue weighted by atomic mass is 9.95. The van der Waals surface area contributed by atoms with Crippen LogP contribution in [0.5, 0.6) is 0 Å². The summed E-state index contributed by atoms with van der Waals surface area (Å²) in [6.07, 6.45) is 2.97. The SMILES string of the molecule is CC[C@@H](C[C@H](CNC(=O)C(=O)Nc1ccc(Cl)cn1)NC(=O)c1nc2c(s1)CN(C)CC2)C(=O)N(C)C. The molecular formula is C24H32ClN7O4S. The second kappa shape index (κ2) is 12.9. The molecule has 3 rings (SSSR count). The fourth-order valence-corrected chi connectivity index (χ4v) is 5.13. The summed E-state index contributed by atoms with van der Waals surface area (Å²) in [6, 6.07) is 2.41. The molecule has 2 atom stereocenters. The molecule has 2 aromatic rings. The van der Waals surface area contributed by atoms with Crippen molar-refractivity contribution in [2.75, 3.05) is 39.5 Å². The first-order valence-electron chi connectivity index (χ1n) is 12.0. The molecule has 1 aliphatic heterocycles. The van der Waals surface area contributed by atoms with Crippen molar-refractivity contribution in [2.24, 2.45) is 5.92 Å². The molecule has 0 spiro atoms. The van der Waals surface area contributed by atoms with Crippen molar-refractivity contribution in [3.05, 3.63) is 38.9 Å². The Bertz CT molecular complexity index is 1140. The molecule has 0 saturated heterocycles. The third-order valence-electron chi connectivity index (χ3n) is 5.99. The van der Waals surface area contributed by atoms with Crippen molar-refractivity contribution in [3.63, 3.8) is 0 Å². The minimum atomic E-state index is -0.909. The van der Waals surface area contributed by atoms with E-state index in [4.69, 9.17) is 11.6 Å². The van der Waals surface area contributed by atoms with E-state index >= 15 is 0 Å². The number of carbonyl (C=O) groups excluding carboxylic acids is 4. The average Bonchev–Trinajstić information content (AvgIpc) is 3.29. The summed E-state index contributed by atoms with van der Waals surface area (Å²) < 4.78 is 0. The van der Waals surface area contributed by atoms with Gasteiger partial charge in [-0.1, -0.05) is 18.5 Å². The molecule has 13 heteroatoms. The van der Waals surface area contributed by atoms with E-state index in [0.717, 1.165) is 30.1 Å². The van der Waals surface area contributed by atoms with Gasteiger partial charge in [-0.2, -0.15) is 0 Å². The van der Waals surface area contributed by atoms with E-state index in [1.165, 1.54) is 34.6 Å². The van der Waals surface area contributed by atoms with Gasteiger partial charge in [0.05, 0.1) is 10.7 Å². The summed E-state index contributed by atoms with van der Waals surface area (Å²) in [5.41, 5.74) is 0.930. The van der Waals surface area contributed by atoms with Gasteiger partial charge in [-0.25, -0.2) is 9.97 Å². The molecule has 11 nitrogen and oxygen atoms in total. The second-order valence-electron chi connectivity index (χ2n) is 9.15. The molecule has 0 radical (unpaired) electrons. The summed E-state index contributed by atoms with van der Waals surface area (Å²) in [6.45, 7) is 3.47. The summed E-state index contributed by atoms with van der Waals surface area (Å²) in [5.74, 6) is -2.45. The van der Waals surface area contributed by atoms with Gasteiger partial charge < -0.3 is 25.8 Å². The van der Waals surface area contributed by atoms with Gasteiger partial charge in [-0.15, -0.1) is 11.3 Å². The second-order valence-corrected chi connectivity index (χ2v) is 10.7. The molecule has 37 heavy (non-hydrogen) atoms. The number of hydrogen-bond acceptors (Lipinski definition) is 8. The lowest BCUT2D eigenvalue weighted by Crippen LogP contribution is -2.48. The zero-order valence-corrected chi connectivity index (χ0v) is 22.9. The van der Waals surface area contributed by atoms with Crippen LogP contribution < -0.4 is 16.0 Å². The van der Waals surface area contributed by atoms with Crippen LogP contribution in [0.1, 0.15) is 40.1 Å². The van der Waals surface area contributed by atoms with Gasteiger partial charge >= 0.3 is 11.8 Å². The van der Waals surface area contributed by atoms with Crippen LogP contribution in [0.25, 0.3) is 0 Å². The van der Waals surface area contributed by atoms with Gasteiger partial charge in [0.15, 0.2) is 5.01 Å². The van der Waals surface area contributed by atoms with Crippen LogP contribution in [0, 0.1) is 5.92 Å². The maximum atomic E-state index is 13.1. The van der Waals surface area contributed by atoms with Crippen molar-refractivity contribution in [1.29, 1.82) is 0 Å². The zero-order chi connectivity index (χ0) is 27.1. The van der Waals surface area contributed by atoms with Crippen LogP contribution in [-0.4, -0.2) is 83.7 Å². The lowest BCUT2D eigenvalue weighted by Gasteiger charge is -2.25. The average molecular weight is 550 g/mol. The highest BCUT2D eigenvalue weighted by atomic mass is 35.5. The number of thiazole rings is 1. The van der Waals surface area contributed by atoms with Crippen molar-refractivity contribution >= 4 is 52.4 Å². The van der Waals surface area contributed by atoms with E-state index in [0.29, 0.717) is 16.5 Å². The molecule has 3 N–H and O–H groups in total. The number of anilines is 1. The summed E-state index contributed by atoms with van der Waals surface area (Å²) >= 11 is 7.14. The number of nitrogens with zero attached hydrogens (tertiary/aromatic N) is 4. The van der Waals surface area contributed by atoms with E-state index in [1.807, 2.05) is 14.0 Å². The number of rotatable bonds is 9. The molecule has 4 amide bonds. The minimum Gasteiger partial charge on any atom is -0.349 e. The first kappa shape index (κ1) is 28.5. The summed E-state index contributed by atoms with van der Waals surface area (Å²) in [7, 11) is 5.37. The summed E-state index contributed by atoms with van der Waals surface area (Å²) in [5, 5.41) is 8.60. The predicted molar refractivity (Wildman–Crippen MR) is 141 cm³/mol. The van der Waals surface area contributed by atoms with Gasteiger partial charge in [-0.05, 0) is 32.0 Å². The smallest absolute Gasteiger partial charge is 0.314 e. The van der Waals surface area contributed by atoms with Gasteiger partial charge in [0.25, 0.3) is 5.91 Å². The van der Waals surface area contributed by atoms with Crippen LogP contribution in [0.3, 0.4) is 0 Å². The van der Waals surface area contributed by atoms with Crippen LogP contribution in [0.2, 0.25) is 5.02 Å². The van der Waals surface area contributed by atoms with Gasteiger partial charge in [0, 0.05) is 63.2 Å². The number of carbonyl (C=O) groups is 4. The number of fused-ring (bicyclic) bond motifs is 1. The van der Waals surface area contributed by atoms with E-state index < -0.39 is 17.9 Å². The fourth-order valence-electron chi connectivity index (χ4n) is 3.93. The standard InChI is InChI=1S/C24H32ClN7O4S/c1-5-14(24(36)31(2)3)10-16(12-27-20(33)21(34)30-19-7-6-15(25)11-26-19)28-22(35)23-29-17-8-9-32(4)13-18(17)37-23/h6-7,11,14,16H,5,8-10,12-13H2,1-4H3,(H,27,33)(H,28,35)(H,26,30,34)/t14-,16+/m0/s1. The zero-order valence-electron chi connectivity index (χ0n) is 21.3. The van der Waals surface area contributed by atoms with Gasteiger partial charge in [0.2, 0.25) is 5.91 Å². The first-order valence-corrected chi connectivity index (χ1v) is 13.2. The molecule has 0 bridgehead atoms. The fraction of sp³-hybridized carbons (Fsp3) is 0.500. The molecule has 0 saturated carbocycles. The topological polar surface area (TPSA) is 137 Å². The molecule has 0 unspecified atom stereocenters. The Balaban J connectivity index is 1.68. The maximum Gasteiger partial charge on any atom is 0.314 e. The molecule has 200 valence electrons. The number of halogens is 1. The largest absolute Gasteiger partial charge is 0.349 e. The van der Waals surface area contributed by atoms with E-state index in [1.54, 1.807) is 14.1 Å². The molecule has 0 fully saturated rings. The number of pyridine rings is 1. The Morgan fingerprint density at radius 1 is 1.22 bits per heavy atom. The van der Waals surface area contributed by atoms with Crippen molar-refractivity contribution in [3.8, 4) is 0 Å². The van der Waals surface area contributed by atoms with Crippen LogP contribution in [-0.2, 0) is 27.3 Å². The highest BCUT2D eigenvalue weighted by molar-refractivity contribution is 7.13. The van der Waals surface area contributed by atoms with Crippen LogP contribution in [0.15, 0.2) is 18.3 Å². The quantitative estimate of drug-likeness (QED) is 0.403. The van der Waals surface area contributed by atoms with Crippen molar-refractivity contribution in [2.45, 2.75) is 38.8 Å². The lowest BCUT2D eigenvalue weighted by molar-refractivity contribution is -0.136. The Morgan fingerprint density at radius 2 is 1.97 bits per heavy atom. The van der Waals surface area contributed by atoms with Crippen LogP contribution in [0.4, 0.5) is 5.82 Å². The normalized spacial score (nSPS) is 14.7. The first-order chi connectivity index (χ1) is 17.6. The van der Waals surface area contributed by atoms with Crippen molar-refractivity contribution < 1.29 is 19.2 Å². The molecule has 3 heterocycles. The predicted octanol–water partition coefficient (Wildman–Crippen LogP) is 1.54. The highest BCUT2D eigenvalue weighted by Crippen LogP contribution is 2.24. The molecule has 0 aliphatic carbocycles. The maximum absolute atomic E-state index is 13.1. The molecule has 1 aliphatic rings. The molecule has 2 aromatic heterocycles. The molecular weight excluding hydrogens is 518 g/mol. The minimum absolute atomic E-state index is 0.0446. The number of aromatic nitrogens is 2. The third-order valence-corrected chi connectivity index (χ3v) is 7.29. The number of amides is 4. The number of likely N-dealkylation sites (N-methyl/N-ethyl adjacent to an activating group) is 1. The van der Waals surface area contributed by atoms with Gasteiger partial charge in [0.1, 0.15) is 5.82 Å². The third kappa shape index (κ3) is 7.94. The van der Waals surface area contributed by atoms with E-state index in [2.05, 4.69) is 30.8 Å². The van der Waals surface area contributed by atoms with Crippen LogP contribution >= 0.6 is 22.9 Å². The number of nitrogens with one attached hydrogen (secondary N) is 3. The Labute approximate surface area is 225 Å². The van der Waals surface area contributed by atoms with Gasteiger partial charge in [-0.3, -0.25) is 19.2 Å². The summed E-state index contributed by atoms with van der Waals surface area (Å²) in [4.78, 5) is 63.7. The molecule has 0 aromatic carbocycles. The van der Waals surface area contributed by atoms with E-state index in [-0.39, 0.29) is 36.5 Å². The monoisotopic (exact) mass is 549 g/mol. The highest BCUT2D eigenvalue weighted by Gasteiger charge is 2.27. The Kier molecular flexibility index (Phi) is 9.95. The van der Waals surface area contributed by atoms with E-state index in [9.17, 15) is 19.2 Å². The number of hydrogen-bond donors (Lipinski definition) is 3. The Morgan fingerprint density at radius 3 is 2.62 bits per heavy atom. The Hall–Kier alpha value is -3.09.